The molecule has 0 saturated heterocycles. The Morgan fingerprint density at radius 1 is 0.872 bits per heavy atom. The highest BCUT2D eigenvalue weighted by Crippen LogP contribution is 2.08. The number of nitrogens with two attached hydrogens (primary N) is 2. The van der Waals surface area contributed by atoms with E-state index >= 15 is 0 Å². The molecule has 39 heavy (non-hydrogen) atoms. The van der Waals surface area contributed by atoms with Crippen molar-refractivity contribution in [2.45, 2.75) is 71.1 Å². The first-order chi connectivity index (χ1) is 18.3. The zero-order valence-corrected chi connectivity index (χ0v) is 24.3. The third-order valence-electron chi connectivity index (χ3n) is 5.93. The fourth-order valence-corrected chi connectivity index (χ4v) is 4.25. The molecule has 1 rings (SSSR count). The summed E-state index contributed by atoms with van der Waals surface area (Å²) in [7, 11) is 0. The lowest BCUT2D eigenvalue weighted by molar-refractivity contribution is -0.133. The molecule has 5 amide bonds. The number of amides is 5. The summed E-state index contributed by atoms with van der Waals surface area (Å²) >= 11 is 1.52. The van der Waals surface area contributed by atoms with Crippen LogP contribution in [0.15, 0.2) is 30.3 Å². The molecule has 0 aliphatic heterocycles. The van der Waals surface area contributed by atoms with Gasteiger partial charge in [-0.2, -0.15) is 11.8 Å². The highest BCUT2D eigenvalue weighted by molar-refractivity contribution is 7.98. The second-order valence-electron chi connectivity index (χ2n) is 10.2. The van der Waals surface area contributed by atoms with Gasteiger partial charge in [-0.25, -0.2) is 0 Å². The molecule has 4 atom stereocenters. The standard InChI is InChI=1S/C27H44N6O5S/c1-16(2)13-21(26(37)32-20(24(29)35)11-12-39-5)31-22(34)15-30-27(38)23(17(3)4)33-25(36)19(28)14-18-9-7-6-8-10-18/h6-10,16-17,19-21,23H,11-15,28H2,1-5H3,(H2,29,35)(H,30,38)(H,31,34)(H,32,37)(H,33,36)/t19-,20-,21-,23-/m0/s1. The van der Waals surface area contributed by atoms with Crippen LogP contribution in [0.4, 0.5) is 0 Å². The molecule has 0 bridgehead atoms. The van der Waals surface area contributed by atoms with Crippen LogP contribution in [-0.4, -0.2) is 72.3 Å². The van der Waals surface area contributed by atoms with E-state index in [4.69, 9.17) is 11.5 Å². The fraction of sp³-hybridized carbons (Fsp3) is 0.593. The minimum atomic E-state index is -0.915. The molecule has 0 spiro atoms. The lowest BCUT2D eigenvalue weighted by Crippen LogP contribution is -2.56. The normalized spacial score (nSPS) is 14.2. The largest absolute Gasteiger partial charge is 0.368 e. The highest BCUT2D eigenvalue weighted by atomic mass is 32.2. The zero-order chi connectivity index (χ0) is 29.5. The van der Waals surface area contributed by atoms with E-state index < -0.39 is 60.2 Å². The van der Waals surface area contributed by atoms with Crippen molar-refractivity contribution in [2.24, 2.45) is 23.3 Å². The van der Waals surface area contributed by atoms with Gasteiger partial charge in [-0.05, 0) is 48.7 Å². The Labute approximate surface area is 235 Å². The van der Waals surface area contributed by atoms with E-state index in [0.717, 1.165) is 5.56 Å². The number of rotatable bonds is 17. The molecule has 0 aliphatic rings. The summed E-state index contributed by atoms with van der Waals surface area (Å²) in [6, 6.07) is 5.79. The van der Waals surface area contributed by atoms with Crippen molar-refractivity contribution in [3.63, 3.8) is 0 Å². The molecule has 1 aromatic carbocycles. The van der Waals surface area contributed by atoms with E-state index in [1.54, 1.807) is 13.8 Å². The summed E-state index contributed by atoms with van der Waals surface area (Å²) in [6.07, 6.45) is 2.89. The minimum Gasteiger partial charge on any atom is -0.368 e. The Hall–Kier alpha value is -3.12. The van der Waals surface area contributed by atoms with Crippen molar-refractivity contribution in [3.05, 3.63) is 35.9 Å². The van der Waals surface area contributed by atoms with Crippen LogP contribution in [0.3, 0.4) is 0 Å². The average molecular weight is 565 g/mol. The zero-order valence-electron chi connectivity index (χ0n) is 23.5. The van der Waals surface area contributed by atoms with E-state index in [9.17, 15) is 24.0 Å². The van der Waals surface area contributed by atoms with E-state index in [1.807, 2.05) is 50.4 Å². The molecule has 0 radical (unpaired) electrons. The summed E-state index contributed by atoms with van der Waals surface area (Å²) in [5.74, 6) is -2.35. The van der Waals surface area contributed by atoms with Crippen molar-refractivity contribution in [1.29, 1.82) is 0 Å². The maximum absolute atomic E-state index is 12.9. The van der Waals surface area contributed by atoms with Gasteiger partial charge in [0.2, 0.25) is 29.5 Å². The summed E-state index contributed by atoms with van der Waals surface area (Å²) in [5.41, 5.74) is 12.4. The topological polar surface area (TPSA) is 186 Å². The number of nitrogens with one attached hydrogen (secondary N) is 4. The van der Waals surface area contributed by atoms with Gasteiger partial charge in [-0.1, -0.05) is 58.0 Å². The first-order valence-corrected chi connectivity index (χ1v) is 14.5. The second-order valence-corrected chi connectivity index (χ2v) is 11.2. The van der Waals surface area contributed by atoms with Crippen LogP contribution in [0.5, 0.6) is 0 Å². The Bertz CT molecular complexity index is 959. The quantitative estimate of drug-likeness (QED) is 0.154. The molecule has 0 fully saturated rings. The van der Waals surface area contributed by atoms with Crippen LogP contribution in [-0.2, 0) is 30.4 Å². The molecule has 218 valence electrons. The second kappa shape index (κ2) is 17.5. The van der Waals surface area contributed by atoms with Crippen LogP contribution < -0.4 is 32.7 Å². The molecule has 1 aromatic rings. The first-order valence-electron chi connectivity index (χ1n) is 13.1. The molecular formula is C27H44N6O5S. The Balaban J connectivity index is 2.73. The van der Waals surface area contributed by atoms with Crippen molar-refractivity contribution >= 4 is 41.3 Å². The molecule has 0 unspecified atom stereocenters. The van der Waals surface area contributed by atoms with E-state index in [0.29, 0.717) is 25.0 Å². The fourth-order valence-electron chi connectivity index (χ4n) is 3.78. The summed E-state index contributed by atoms with van der Waals surface area (Å²) in [5, 5.41) is 10.5. The number of carbonyl (C=O) groups excluding carboxylic acids is 5. The number of benzene rings is 1. The van der Waals surface area contributed by atoms with Gasteiger partial charge in [0.05, 0.1) is 12.6 Å². The van der Waals surface area contributed by atoms with Crippen molar-refractivity contribution < 1.29 is 24.0 Å². The molecule has 0 aromatic heterocycles. The Kier molecular flexibility index (Phi) is 15.2. The lowest BCUT2D eigenvalue weighted by Gasteiger charge is -2.25. The molecule has 8 N–H and O–H groups in total. The number of thioether (sulfide) groups is 1. The van der Waals surface area contributed by atoms with Crippen molar-refractivity contribution in [3.8, 4) is 0 Å². The van der Waals surface area contributed by atoms with Gasteiger partial charge >= 0.3 is 0 Å². The minimum absolute atomic E-state index is 0.0643. The first kappa shape index (κ1) is 33.9. The number of hydrogen-bond donors (Lipinski definition) is 6. The number of hydrogen-bond acceptors (Lipinski definition) is 7. The van der Waals surface area contributed by atoms with E-state index in [2.05, 4.69) is 21.3 Å². The maximum atomic E-state index is 12.9. The van der Waals surface area contributed by atoms with E-state index in [-0.39, 0.29) is 11.8 Å². The van der Waals surface area contributed by atoms with Crippen LogP contribution in [0.1, 0.15) is 46.1 Å². The average Bonchev–Trinajstić information content (AvgIpc) is 2.87. The third-order valence-corrected chi connectivity index (χ3v) is 6.58. The number of primary amides is 1. The van der Waals surface area contributed by atoms with Gasteiger partial charge in [0.25, 0.3) is 0 Å². The van der Waals surface area contributed by atoms with Gasteiger partial charge in [0.15, 0.2) is 0 Å². The van der Waals surface area contributed by atoms with Gasteiger partial charge in [-0.3, -0.25) is 24.0 Å². The molecule has 12 heteroatoms. The molecule has 0 aliphatic carbocycles. The summed E-state index contributed by atoms with van der Waals surface area (Å²) < 4.78 is 0. The summed E-state index contributed by atoms with van der Waals surface area (Å²) in [6.45, 7) is 6.92. The van der Waals surface area contributed by atoms with Crippen LogP contribution in [0, 0.1) is 11.8 Å². The maximum Gasteiger partial charge on any atom is 0.243 e. The van der Waals surface area contributed by atoms with Crippen molar-refractivity contribution in [1.82, 2.24) is 21.3 Å². The predicted octanol–water partition coefficient (Wildman–Crippen LogP) is 0.0675. The third kappa shape index (κ3) is 13.0. The van der Waals surface area contributed by atoms with Gasteiger partial charge in [-0.15, -0.1) is 0 Å². The SMILES string of the molecule is CSCC[C@H](NC(=O)[C@H](CC(C)C)NC(=O)CNC(=O)[C@@H](NC(=O)[C@@H](N)Cc1ccccc1)C(C)C)C(N)=O. The van der Waals surface area contributed by atoms with Gasteiger partial charge < -0.3 is 32.7 Å². The Morgan fingerprint density at radius 3 is 2.05 bits per heavy atom. The van der Waals surface area contributed by atoms with Crippen LogP contribution in [0.2, 0.25) is 0 Å². The Morgan fingerprint density at radius 2 is 1.51 bits per heavy atom. The van der Waals surface area contributed by atoms with Gasteiger partial charge in [0.1, 0.15) is 18.1 Å². The lowest BCUT2D eigenvalue weighted by atomic mass is 10.0. The molecular weight excluding hydrogens is 520 g/mol. The molecule has 0 saturated carbocycles. The van der Waals surface area contributed by atoms with E-state index in [1.165, 1.54) is 11.8 Å². The highest BCUT2D eigenvalue weighted by Gasteiger charge is 2.29. The molecule has 11 nitrogen and oxygen atoms in total. The smallest absolute Gasteiger partial charge is 0.243 e. The van der Waals surface area contributed by atoms with Crippen molar-refractivity contribution in [2.75, 3.05) is 18.6 Å². The molecule has 0 heterocycles. The van der Waals surface area contributed by atoms with Gasteiger partial charge in [0, 0.05) is 0 Å². The summed E-state index contributed by atoms with van der Waals surface area (Å²) in [4.78, 5) is 62.8. The number of carbonyl (C=O) groups is 5. The van der Waals surface area contributed by atoms with Crippen LogP contribution >= 0.6 is 11.8 Å². The predicted molar refractivity (Wildman–Crippen MR) is 153 cm³/mol. The monoisotopic (exact) mass is 564 g/mol. The van der Waals surface area contributed by atoms with Crippen LogP contribution in [0.25, 0.3) is 0 Å².